The zero-order valence-corrected chi connectivity index (χ0v) is 28.7. The lowest BCUT2D eigenvalue weighted by molar-refractivity contribution is -0.384. The molecule has 0 unspecified atom stereocenters. The van der Waals surface area contributed by atoms with Gasteiger partial charge in [0.15, 0.2) is 0 Å². The second kappa shape index (κ2) is 12.0. The Morgan fingerprint density at radius 2 is 1.49 bits per heavy atom. The Bertz CT molecular complexity index is 2450. The molecule has 2 saturated heterocycles. The van der Waals surface area contributed by atoms with Crippen molar-refractivity contribution < 1.29 is 29.2 Å². The highest BCUT2D eigenvalue weighted by atomic mass is 35.5. The molecule has 2 heterocycles. The predicted octanol–water partition coefficient (Wildman–Crippen LogP) is 7.47. The molecule has 2 aliphatic carbocycles. The minimum Gasteiger partial charge on any atom is -0.508 e. The average Bonchev–Trinajstić information content (AvgIpc) is 3.56. The van der Waals surface area contributed by atoms with E-state index in [2.05, 4.69) is 0 Å². The zero-order chi connectivity index (χ0) is 36.8. The molecule has 6 atom stereocenters. The Kier molecular flexibility index (Phi) is 7.39. The maximum atomic E-state index is 15.5. The number of aromatic hydroxyl groups is 1. The number of phenols is 1. The summed E-state index contributed by atoms with van der Waals surface area (Å²) in [5, 5.41) is 25.1. The fraction of sp³-hybridized carbons (Fsp3) is 0.190. The number of imide groups is 2. The highest BCUT2D eigenvalue weighted by Gasteiger charge is 2.70. The minimum atomic E-state index is -1.55. The maximum absolute atomic E-state index is 15.5. The Morgan fingerprint density at radius 3 is 2.23 bits per heavy atom. The average molecular weight is 724 g/mol. The van der Waals surface area contributed by atoms with Gasteiger partial charge in [-0.1, -0.05) is 90.0 Å². The van der Waals surface area contributed by atoms with Gasteiger partial charge in [0.25, 0.3) is 5.69 Å². The van der Waals surface area contributed by atoms with Crippen molar-refractivity contribution >= 4 is 63.1 Å². The molecule has 1 saturated carbocycles. The number of hydrogen-bond acceptors (Lipinski definition) is 7. The van der Waals surface area contributed by atoms with Gasteiger partial charge in [-0.15, -0.1) is 0 Å². The second-order valence-electron chi connectivity index (χ2n) is 14.1. The first-order valence-electron chi connectivity index (χ1n) is 17.3. The number of nitrogens with zero attached hydrogens (tertiary/aromatic N) is 3. The van der Waals surface area contributed by atoms with E-state index in [-0.39, 0.29) is 30.0 Å². The number of amides is 4. The number of phenolic OH excluding ortho intramolecular Hbond substituents is 1. The van der Waals surface area contributed by atoms with Crippen molar-refractivity contribution in [3.05, 3.63) is 153 Å². The Labute approximate surface area is 308 Å². The molecule has 0 aromatic heterocycles. The molecule has 0 bridgehead atoms. The van der Waals surface area contributed by atoms with Gasteiger partial charge in [0.1, 0.15) is 5.75 Å². The summed E-state index contributed by atoms with van der Waals surface area (Å²) in [4.78, 5) is 72.3. The van der Waals surface area contributed by atoms with E-state index < -0.39 is 63.6 Å². The van der Waals surface area contributed by atoms with Crippen LogP contribution >= 0.6 is 11.6 Å². The SMILES string of the molecule is O=C1[C@H]2[C@H](CC=C3[C@H]2C[C@H]2C(=O)N(c4cccc(Cl)c4)C(=O)[C@@]2(c2ccccc2)[C@H]3c2c(O)ccc3ccccc23)C(=O)N1c1ccc([N+](=O)[O-])cc1. The van der Waals surface area contributed by atoms with Crippen LogP contribution in [0.1, 0.15) is 29.9 Å². The van der Waals surface area contributed by atoms with E-state index in [1.807, 2.05) is 60.7 Å². The van der Waals surface area contributed by atoms with Gasteiger partial charge in [-0.25, -0.2) is 4.90 Å². The van der Waals surface area contributed by atoms with E-state index in [4.69, 9.17) is 11.6 Å². The molecule has 1 N–H and O–H groups in total. The number of hydrogen-bond donors (Lipinski definition) is 1. The summed E-state index contributed by atoms with van der Waals surface area (Å²) >= 11 is 6.41. The van der Waals surface area contributed by atoms with Gasteiger partial charge in [-0.3, -0.25) is 34.2 Å². The number of rotatable bonds is 5. The van der Waals surface area contributed by atoms with Crippen molar-refractivity contribution in [1.82, 2.24) is 0 Å². The van der Waals surface area contributed by atoms with Crippen molar-refractivity contribution in [3.8, 4) is 5.75 Å². The van der Waals surface area contributed by atoms with Crippen molar-refractivity contribution in [2.75, 3.05) is 9.80 Å². The maximum Gasteiger partial charge on any atom is 0.269 e. The van der Waals surface area contributed by atoms with Crippen molar-refractivity contribution in [3.63, 3.8) is 0 Å². The smallest absolute Gasteiger partial charge is 0.269 e. The second-order valence-corrected chi connectivity index (χ2v) is 14.5. The van der Waals surface area contributed by atoms with Crippen LogP contribution in [0.25, 0.3) is 10.8 Å². The molecule has 11 heteroatoms. The van der Waals surface area contributed by atoms with Gasteiger partial charge in [0.05, 0.1) is 39.5 Å². The highest BCUT2D eigenvalue weighted by Crippen LogP contribution is 2.66. The number of allylic oxidation sites excluding steroid dienone is 2. The highest BCUT2D eigenvalue weighted by molar-refractivity contribution is 6.32. The predicted molar refractivity (Wildman–Crippen MR) is 197 cm³/mol. The molecule has 4 aliphatic rings. The van der Waals surface area contributed by atoms with E-state index in [9.17, 15) is 24.8 Å². The minimum absolute atomic E-state index is 0.0609. The van der Waals surface area contributed by atoms with Crippen LogP contribution in [0.15, 0.2) is 127 Å². The summed E-state index contributed by atoms with van der Waals surface area (Å²) < 4.78 is 0. The van der Waals surface area contributed by atoms with E-state index in [0.29, 0.717) is 32.8 Å². The lowest BCUT2D eigenvalue weighted by Gasteiger charge is -2.51. The molecule has 5 aromatic carbocycles. The van der Waals surface area contributed by atoms with Crippen molar-refractivity contribution in [1.29, 1.82) is 0 Å². The van der Waals surface area contributed by atoms with Crippen LogP contribution in [-0.4, -0.2) is 33.7 Å². The van der Waals surface area contributed by atoms with Gasteiger partial charge in [0.2, 0.25) is 23.6 Å². The Hall–Kier alpha value is -6.13. The summed E-state index contributed by atoms with van der Waals surface area (Å²) in [6.07, 6.45) is 2.20. The summed E-state index contributed by atoms with van der Waals surface area (Å²) in [6.45, 7) is 0. The number of nitro groups is 1. The van der Waals surface area contributed by atoms with Crippen LogP contribution in [0.5, 0.6) is 5.75 Å². The van der Waals surface area contributed by atoms with Crippen LogP contribution in [0.3, 0.4) is 0 Å². The van der Waals surface area contributed by atoms with Crippen molar-refractivity contribution in [2.45, 2.75) is 24.2 Å². The number of carbonyl (C=O) groups is 4. The first-order valence-corrected chi connectivity index (χ1v) is 17.7. The molecular weight excluding hydrogens is 694 g/mol. The Balaban J connectivity index is 1.29. The zero-order valence-electron chi connectivity index (χ0n) is 28.0. The molecule has 262 valence electrons. The van der Waals surface area contributed by atoms with Crippen LogP contribution in [-0.2, 0) is 24.6 Å². The summed E-state index contributed by atoms with van der Waals surface area (Å²) in [5.41, 5.74) is 0.561. The molecule has 9 rings (SSSR count). The van der Waals surface area contributed by atoms with Crippen LogP contribution in [0, 0.1) is 33.8 Å². The Morgan fingerprint density at radius 1 is 0.755 bits per heavy atom. The number of nitro benzene ring substituents is 1. The quantitative estimate of drug-likeness (QED) is 0.0859. The normalized spacial score (nSPS) is 26.4. The van der Waals surface area contributed by atoms with Crippen molar-refractivity contribution in [2.24, 2.45) is 23.7 Å². The van der Waals surface area contributed by atoms with E-state index in [1.54, 1.807) is 36.4 Å². The fourth-order valence-corrected chi connectivity index (χ4v) is 9.81. The van der Waals surface area contributed by atoms with Crippen LogP contribution in [0.2, 0.25) is 5.02 Å². The first kappa shape index (κ1) is 32.8. The van der Waals surface area contributed by atoms with Gasteiger partial charge in [-0.05, 0) is 71.5 Å². The largest absolute Gasteiger partial charge is 0.508 e. The van der Waals surface area contributed by atoms with E-state index in [1.165, 1.54) is 29.2 Å². The molecule has 0 spiro atoms. The standard InChI is InChI=1S/C42H30ClN3O7/c43-25-10-6-11-28(21-25)45-39(49)33-22-32-30(18-19-31-35(32)40(50)44(38(31)48)26-14-16-27(17-15-26)46(52)53)37(42(33,41(45)51)24-8-2-1-3-9-24)36-29-12-5-4-7-23(29)13-20-34(36)47/h1-18,20-21,31-33,35,37,47H,19,22H2/t31-,32+,33-,35-,37+,42+/m0/s1. The molecule has 3 fully saturated rings. The van der Waals surface area contributed by atoms with Gasteiger partial charge >= 0.3 is 0 Å². The topological polar surface area (TPSA) is 138 Å². The van der Waals surface area contributed by atoms with E-state index >= 15 is 9.59 Å². The number of halogens is 1. The molecule has 2 aliphatic heterocycles. The third-order valence-corrected chi connectivity index (χ3v) is 12.0. The molecule has 4 amide bonds. The summed E-state index contributed by atoms with van der Waals surface area (Å²) in [6, 6.07) is 31.9. The number of anilines is 2. The number of fused-ring (bicyclic) bond motifs is 5. The number of benzene rings is 5. The summed E-state index contributed by atoms with van der Waals surface area (Å²) in [7, 11) is 0. The van der Waals surface area contributed by atoms with Gasteiger partial charge in [-0.2, -0.15) is 0 Å². The number of carbonyl (C=O) groups excluding carboxylic acids is 4. The van der Waals surface area contributed by atoms with Gasteiger partial charge in [0, 0.05) is 28.6 Å². The van der Waals surface area contributed by atoms with E-state index in [0.717, 1.165) is 10.3 Å². The first-order chi connectivity index (χ1) is 25.6. The molecule has 5 aromatic rings. The summed E-state index contributed by atoms with van der Waals surface area (Å²) in [5.74, 6) is -6.11. The third kappa shape index (κ3) is 4.58. The van der Waals surface area contributed by atoms with Gasteiger partial charge < -0.3 is 5.11 Å². The lowest BCUT2D eigenvalue weighted by Crippen LogP contribution is -2.53. The molecule has 0 radical (unpaired) electrons. The molecule has 53 heavy (non-hydrogen) atoms. The third-order valence-electron chi connectivity index (χ3n) is 11.7. The molecular formula is C42H30ClN3O7. The molecule has 10 nitrogen and oxygen atoms in total. The lowest BCUT2D eigenvalue weighted by atomic mass is 9.48. The fourth-order valence-electron chi connectivity index (χ4n) is 9.62. The monoisotopic (exact) mass is 723 g/mol. The van der Waals surface area contributed by atoms with Crippen LogP contribution < -0.4 is 9.80 Å². The van der Waals surface area contributed by atoms with Crippen LogP contribution in [0.4, 0.5) is 17.1 Å². The number of non-ortho nitro benzene ring substituents is 1.